The van der Waals surface area contributed by atoms with Crippen LogP contribution in [0.15, 0.2) is 48.7 Å². The quantitative estimate of drug-likeness (QED) is 0.561. The number of rotatable bonds is 9. The topological polar surface area (TPSA) is 52.6 Å². The van der Waals surface area contributed by atoms with Gasteiger partial charge in [-0.05, 0) is 48.4 Å². The van der Waals surface area contributed by atoms with Gasteiger partial charge in [0.1, 0.15) is 10.8 Å². The fourth-order valence-corrected chi connectivity index (χ4v) is 3.65. The van der Waals surface area contributed by atoms with E-state index in [0.29, 0.717) is 0 Å². The standard InChI is InChI=1S/C21H24N2O3S/c1-24-17-6-4-5-16(12-17)20-13-23-21(27-20)14-22-10-9-15-7-8-18(25-2)19(11-15)26-3/h4-8,11-13,22H,9-10,14H2,1-3H3. The Kier molecular flexibility index (Phi) is 6.68. The molecule has 0 unspecified atom stereocenters. The number of hydrogen-bond acceptors (Lipinski definition) is 6. The number of ether oxygens (including phenoxy) is 3. The average Bonchev–Trinajstić information content (AvgIpc) is 3.20. The van der Waals surface area contributed by atoms with E-state index in [9.17, 15) is 0 Å². The van der Waals surface area contributed by atoms with Crippen LogP contribution in [0.2, 0.25) is 0 Å². The molecule has 142 valence electrons. The Morgan fingerprint density at radius 2 is 1.81 bits per heavy atom. The highest BCUT2D eigenvalue weighted by atomic mass is 32.1. The van der Waals surface area contributed by atoms with E-state index in [1.165, 1.54) is 5.56 Å². The van der Waals surface area contributed by atoms with Crippen molar-refractivity contribution in [3.63, 3.8) is 0 Å². The van der Waals surface area contributed by atoms with Crippen molar-refractivity contribution in [2.75, 3.05) is 27.9 Å². The number of methoxy groups -OCH3 is 3. The summed E-state index contributed by atoms with van der Waals surface area (Å²) < 4.78 is 15.9. The van der Waals surface area contributed by atoms with Gasteiger partial charge in [-0.2, -0.15) is 0 Å². The molecule has 3 aromatic rings. The molecule has 0 saturated carbocycles. The lowest BCUT2D eigenvalue weighted by atomic mass is 10.1. The van der Waals surface area contributed by atoms with E-state index in [-0.39, 0.29) is 0 Å². The fraction of sp³-hybridized carbons (Fsp3) is 0.286. The summed E-state index contributed by atoms with van der Waals surface area (Å²) in [6.07, 6.45) is 2.83. The van der Waals surface area contributed by atoms with Crippen molar-refractivity contribution in [3.8, 4) is 27.7 Å². The first-order valence-corrected chi connectivity index (χ1v) is 9.56. The molecule has 0 spiro atoms. The highest BCUT2D eigenvalue weighted by molar-refractivity contribution is 7.15. The molecule has 5 nitrogen and oxygen atoms in total. The second kappa shape index (κ2) is 9.39. The Hall–Kier alpha value is -2.57. The molecule has 0 bridgehead atoms. The molecule has 2 aromatic carbocycles. The molecule has 6 heteroatoms. The van der Waals surface area contributed by atoms with E-state index in [4.69, 9.17) is 14.2 Å². The van der Waals surface area contributed by atoms with E-state index >= 15 is 0 Å². The molecule has 0 aliphatic rings. The Balaban J connectivity index is 1.52. The molecule has 1 N–H and O–H groups in total. The first-order valence-electron chi connectivity index (χ1n) is 8.74. The third-order valence-electron chi connectivity index (χ3n) is 4.22. The van der Waals surface area contributed by atoms with Crippen LogP contribution in [0, 0.1) is 0 Å². The van der Waals surface area contributed by atoms with Crippen LogP contribution in [-0.4, -0.2) is 32.9 Å². The van der Waals surface area contributed by atoms with Crippen LogP contribution < -0.4 is 19.5 Å². The largest absolute Gasteiger partial charge is 0.497 e. The first kappa shape index (κ1) is 19.2. The van der Waals surface area contributed by atoms with E-state index in [0.717, 1.165) is 52.2 Å². The summed E-state index contributed by atoms with van der Waals surface area (Å²) in [5, 5.41) is 4.52. The van der Waals surface area contributed by atoms with Gasteiger partial charge in [-0.25, -0.2) is 4.98 Å². The van der Waals surface area contributed by atoms with Crippen LogP contribution in [0.3, 0.4) is 0 Å². The molecular weight excluding hydrogens is 360 g/mol. The maximum absolute atomic E-state index is 5.35. The Labute approximate surface area is 163 Å². The summed E-state index contributed by atoms with van der Waals surface area (Å²) in [6.45, 7) is 1.62. The summed E-state index contributed by atoms with van der Waals surface area (Å²) in [5.74, 6) is 2.37. The molecule has 1 aromatic heterocycles. The van der Waals surface area contributed by atoms with Gasteiger partial charge in [-0.1, -0.05) is 18.2 Å². The van der Waals surface area contributed by atoms with Crippen molar-refractivity contribution in [2.24, 2.45) is 0 Å². The highest BCUT2D eigenvalue weighted by Crippen LogP contribution is 2.29. The molecule has 0 aliphatic heterocycles. The number of benzene rings is 2. The Morgan fingerprint density at radius 1 is 0.963 bits per heavy atom. The molecule has 0 saturated heterocycles. The summed E-state index contributed by atoms with van der Waals surface area (Å²) in [4.78, 5) is 5.67. The van der Waals surface area contributed by atoms with Crippen LogP contribution in [0.1, 0.15) is 10.6 Å². The van der Waals surface area contributed by atoms with E-state index in [1.54, 1.807) is 32.7 Å². The second-order valence-electron chi connectivity index (χ2n) is 5.97. The number of hydrogen-bond donors (Lipinski definition) is 1. The van der Waals surface area contributed by atoms with Gasteiger partial charge in [0.15, 0.2) is 11.5 Å². The van der Waals surface area contributed by atoms with Crippen LogP contribution in [0.4, 0.5) is 0 Å². The summed E-state index contributed by atoms with van der Waals surface area (Å²) in [5.41, 5.74) is 2.33. The van der Waals surface area contributed by atoms with E-state index < -0.39 is 0 Å². The van der Waals surface area contributed by atoms with Crippen molar-refractivity contribution in [1.82, 2.24) is 10.3 Å². The predicted octanol–water partition coefficient (Wildman–Crippen LogP) is 4.17. The SMILES string of the molecule is COc1cccc(-c2cnc(CNCCc3ccc(OC)c(OC)c3)s2)c1. The van der Waals surface area contributed by atoms with Gasteiger partial charge >= 0.3 is 0 Å². The van der Waals surface area contributed by atoms with Crippen molar-refractivity contribution >= 4 is 11.3 Å². The Bertz CT molecular complexity index is 879. The summed E-state index contributed by atoms with van der Waals surface area (Å²) >= 11 is 1.70. The van der Waals surface area contributed by atoms with Crippen molar-refractivity contribution in [3.05, 3.63) is 59.2 Å². The molecule has 0 aliphatic carbocycles. The van der Waals surface area contributed by atoms with Gasteiger partial charge in [-0.15, -0.1) is 11.3 Å². The zero-order valence-electron chi connectivity index (χ0n) is 15.8. The van der Waals surface area contributed by atoms with Gasteiger partial charge in [0.05, 0.1) is 26.2 Å². The van der Waals surface area contributed by atoms with Crippen LogP contribution >= 0.6 is 11.3 Å². The number of nitrogens with one attached hydrogen (secondary N) is 1. The number of nitrogens with zero attached hydrogens (tertiary/aromatic N) is 1. The zero-order chi connectivity index (χ0) is 19.1. The molecule has 3 rings (SSSR count). The molecule has 0 atom stereocenters. The predicted molar refractivity (Wildman–Crippen MR) is 109 cm³/mol. The normalized spacial score (nSPS) is 10.6. The van der Waals surface area contributed by atoms with Crippen LogP contribution in [0.5, 0.6) is 17.2 Å². The van der Waals surface area contributed by atoms with Crippen molar-refractivity contribution in [1.29, 1.82) is 0 Å². The number of thiazole rings is 1. The van der Waals surface area contributed by atoms with Gasteiger partial charge in [0, 0.05) is 12.7 Å². The van der Waals surface area contributed by atoms with Gasteiger partial charge in [0.2, 0.25) is 0 Å². The lowest BCUT2D eigenvalue weighted by Gasteiger charge is -2.09. The van der Waals surface area contributed by atoms with Gasteiger partial charge < -0.3 is 19.5 Å². The van der Waals surface area contributed by atoms with E-state index in [2.05, 4.69) is 22.4 Å². The smallest absolute Gasteiger partial charge is 0.160 e. The minimum Gasteiger partial charge on any atom is -0.497 e. The third-order valence-corrected chi connectivity index (χ3v) is 5.27. The molecule has 0 fully saturated rings. The minimum absolute atomic E-state index is 0.752. The van der Waals surface area contributed by atoms with Crippen LogP contribution in [-0.2, 0) is 13.0 Å². The molecule has 0 radical (unpaired) electrons. The lowest BCUT2D eigenvalue weighted by molar-refractivity contribution is 0.354. The maximum atomic E-state index is 5.35. The highest BCUT2D eigenvalue weighted by Gasteiger charge is 2.07. The third kappa shape index (κ3) is 4.99. The monoisotopic (exact) mass is 384 g/mol. The zero-order valence-corrected chi connectivity index (χ0v) is 16.6. The van der Waals surface area contributed by atoms with E-state index in [1.807, 2.05) is 36.5 Å². The summed E-state index contributed by atoms with van der Waals surface area (Å²) in [6, 6.07) is 14.1. The summed E-state index contributed by atoms with van der Waals surface area (Å²) in [7, 11) is 4.98. The Morgan fingerprint density at radius 3 is 2.59 bits per heavy atom. The van der Waals surface area contributed by atoms with Crippen molar-refractivity contribution < 1.29 is 14.2 Å². The minimum atomic E-state index is 0.752. The molecule has 27 heavy (non-hydrogen) atoms. The second-order valence-corrected chi connectivity index (χ2v) is 7.08. The average molecular weight is 385 g/mol. The number of aromatic nitrogens is 1. The molecular formula is C21H24N2O3S. The molecule has 0 amide bonds. The lowest BCUT2D eigenvalue weighted by Crippen LogP contribution is -2.16. The van der Waals surface area contributed by atoms with Crippen LogP contribution in [0.25, 0.3) is 10.4 Å². The van der Waals surface area contributed by atoms with Crippen molar-refractivity contribution in [2.45, 2.75) is 13.0 Å². The maximum Gasteiger partial charge on any atom is 0.160 e. The van der Waals surface area contributed by atoms with Gasteiger partial charge in [0.25, 0.3) is 0 Å². The first-order chi connectivity index (χ1) is 13.2. The molecule has 1 heterocycles. The van der Waals surface area contributed by atoms with Gasteiger partial charge in [-0.3, -0.25) is 0 Å². The fourth-order valence-electron chi connectivity index (χ4n) is 2.77.